The van der Waals surface area contributed by atoms with Crippen LogP contribution in [0.5, 0.6) is 5.75 Å². The van der Waals surface area contributed by atoms with E-state index in [2.05, 4.69) is 5.10 Å². The zero-order chi connectivity index (χ0) is 7.84. The number of hydrogen-bond acceptors (Lipinski definition) is 2. The lowest BCUT2D eigenvalue weighted by Gasteiger charge is -2.01. The maximum atomic E-state index is 5.18. The van der Waals surface area contributed by atoms with Gasteiger partial charge in [0.1, 0.15) is 0 Å². The molecule has 0 saturated heterocycles. The molecule has 0 N–H and O–H groups in total. The summed E-state index contributed by atoms with van der Waals surface area (Å²) < 4.78 is 7.10. The molecule has 60 valence electrons. The Bertz CT molecular complexity index is 263. The fraction of sp³-hybridized carbons (Fsp3) is 0.625. The van der Waals surface area contributed by atoms with Gasteiger partial charge in [-0.3, -0.25) is 4.68 Å². The lowest BCUT2D eigenvalue weighted by atomic mass is 10.3. The first-order valence-electron chi connectivity index (χ1n) is 3.89. The van der Waals surface area contributed by atoms with Crippen LogP contribution in [0.1, 0.15) is 24.5 Å². The number of hydrogen-bond donors (Lipinski definition) is 0. The summed E-state index contributed by atoms with van der Waals surface area (Å²) in [5, 5.41) is 4.14. The first kappa shape index (κ1) is 6.70. The molecule has 11 heavy (non-hydrogen) atoms. The summed E-state index contributed by atoms with van der Waals surface area (Å²) in [7, 11) is 3.67. The number of rotatable bonds is 2. The van der Waals surface area contributed by atoms with E-state index < -0.39 is 0 Å². The molecule has 0 amide bonds. The summed E-state index contributed by atoms with van der Waals surface area (Å²) >= 11 is 0. The van der Waals surface area contributed by atoms with E-state index in [-0.39, 0.29) is 0 Å². The van der Waals surface area contributed by atoms with Gasteiger partial charge in [0.05, 0.1) is 19.0 Å². The first-order valence-corrected chi connectivity index (χ1v) is 3.89. The fourth-order valence-corrected chi connectivity index (χ4v) is 1.41. The number of aromatic nitrogens is 2. The van der Waals surface area contributed by atoms with Gasteiger partial charge < -0.3 is 4.74 Å². The van der Waals surface area contributed by atoms with Crippen molar-refractivity contribution >= 4 is 0 Å². The lowest BCUT2D eigenvalue weighted by Crippen LogP contribution is -1.97. The van der Waals surface area contributed by atoms with Crippen molar-refractivity contribution in [2.24, 2.45) is 7.05 Å². The highest BCUT2D eigenvalue weighted by Crippen LogP contribution is 2.43. The molecule has 0 bridgehead atoms. The van der Waals surface area contributed by atoms with Gasteiger partial charge in [0.2, 0.25) is 0 Å². The van der Waals surface area contributed by atoms with Crippen molar-refractivity contribution in [1.82, 2.24) is 9.78 Å². The summed E-state index contributed by atoms with van der Waals surface area (Å²) in [6.07, 6.45) is 4.36. The molecule has 1 aliphatic rings. The van der Waals surface area contributed by atoms with Gasteiger partial charge in [0, 0.05) is 13.0 Å². The number of nitrogens with zero attached hydrogens (tertiary/aromatic N) is 2. The normalized spacial score (nSPS) is 16.9. The molecule has 2 rings (SSSR count). The smallest absolute Gasteiger partial charge is 0.160 e. The largest absolute Gasteiger partial charge is 0.493 e. The van der Waals surface area contributed by atoms with Crippen LogP contribution in [0, 0.1) is 0 Å². The van der Waals surface area contributed by atoms with Crippen molar-refractivity contribution in [2.75, 3.05) is 7.11 Å². The van der Waals surface area contributed by atoms with Crippen LogP contribution in [-0.2, 0) is 7.05 Å². The van der Waals surface area contributed by atoms with Gasteiger partial charge in [-0.1, -0.05) is 0 Å². The van der Waals surface area contributed by atoms with E-state index in [1.54, 1.807) is 13.3 Å². The second kappa shape index (κ2) is 2.26. The molecule has 1 aliphatic carbocycles. The van der Waals surface area contributed by atoms with Crippen LogP contribution in [0.4, 0.5) is 0 Å². The number of methoxy groups -OCH3 is 1. The summed E-state index contributed by atoms with van der Waals surface area (Å²) in [5.74, 6) is 1.65. The van der Waals surface area contributed by atoms with E-state index in [1.807, 2.05) is 11.7 Å². The molecule has 1 aromatic heterocycles. The van der Waals surface area contributed by atoms with Crippen molar-refractivity contribution < 1.29 is 4.74 Å². The quantitative estimate of drug-likeness (QED) is 0.638. The van der Waals surface area contributed by atoms with Crippen molar-refractivity contribution in [1.29, 1.82) is 0 Å². The number of ether oxygens (including phenoxy) is 1. The van der Waals surface area contributed by atoms with Crippen LogP contribution in [-0.4, -0.2) is 16.9 Å². The summed E-state index contributed by atoms with van der Waals surface area (Å²) in [5.41, 5.74) is 1.26. The first-order chi connectivity index (χ1) is 5.33. The highest BCUT2D eigenvalue weighted by Gasteiger charge is 2.29. The Morgan fingerprint density at radius 2 is 2.36 bits per heavy atom. The Labute approximate surface area is 66.0 Å². The van der Waals surface area contributed by atoms with Crippen molar-refractivity contribution in [3.05, 3.63) is 11.9 Å². The number of aryl methyl sites for hydroxylation is 1. The molecule has 3 nitrogen and oxygen atoms in total. The van der Waals surface area contributed by atoms with Gasteiger partial charge >= 0.3 is 0 Å². The van der Waals surface area contributed by atoms with Crippen LogP contribution < -0.4 is 4.74 Å². The van der Waals surface area contributed by atoms with Crippen LogP contribution in [0.15, 0.2) is 6.20 Å². The van der Waals surface area contributed by atoms with E-state index >= 15 is 0 Å². The fourth-order valence-electron chi connectivity index (χ4n) is 1.41. The molecular weight excluding hydrogens is 140 g/mol. The van der Waals surface area contributed by atoms with Crippen LogP contribution >= 0.6 is 0 Å². The van der Waals surface area contributed by atoms with Gasteiger partial charge in [-0.05, 0) is 12.8 Å². The van der Waals surface area contributed by atoms with Gasteiger partial charge in [-0.15, -0.1) is 0 Å². The molecule has 1 saturated carbocycles. The molecule has 1 fully saturated rings. The highest BCUT2D eigenvalue weighted by molar-refractivity contribution is 5.31. The zero-order valence-corrected chi connectivity index (χ0v) is 6.87. The Balaban J connectivity index is 2.38. The van der Waals surface area contributed by atoms with E-state index in [0.717, 1.165) is 5.75 Å². The molecule has 1 heterocycles. The molecule has 0 spiro atoms. The molecule has 0 unspecified atom stereocenters. The van der Waals surface area contributed by atoms with E-state index in [0.29, 0.717) is 5.92 Å². The summed E-state index contributed by atoms with van der Waals surface area (Å²) in [6.45, 7) is 0. The third kappa shape index (κ3) is 1.00. The third-order valence-corrected chi connectivity index (χ3v) is 2.13. The standard InChI is InChI=1S/C8H12N2O/c1-10-8(6-3-4-6)7(11-2)5-9-10/h5-6H,3-4H2,1-2H3. The predicted molar refractivity (Wildman–Crippen MR) is 41.7 cm³/mol. The van der Waals surface area contributed by atoms with Crippen LogP contribution in [0.2, 0.25) is 0 Å². The Morgan fingerprint density at radius 3 is 2.91 bits per heavy atom. The van der Waals surface area contributed by atoms with E-state index in [9.17, 15) is 0 Å². The third-order valence-electron chi connectivity index (χ3n) is 2.13. The summed E-state index contributed by atoms with van der Waals surface area (Å²) in [6, 6.07) is 0. The van der Waals surface area contributed by atoms with Gasteiger partial charge in [0.25, 0.3) is 0 Å². The molecule has 1 aromatic rings. The van der Waals surface area contributed by atoms with Crippen LogP contribution in [0.25, 0.3) is 0 Å². The second-order valence-corrected chi connectivity index (χ2v) is 3.00. The average molecular weight is 152 g/mol. The van der Waals surface area contributed by atoms with E-state index in [1.165, 1.54) is 18.5 Å². The Kier molecular flexibility index (Phi) is 1.37. The molecule has 3 heteroatoms. The second-order valence-electron chi connectivity index (χ2n) is 3.00. The topological polar surface area (TPSA) is 27.1 Å². The minimum absolute atomic E-state index is 0.706. The zero-order valence-electron chi connectivity index (χ0n) is 6.87. The summed E-state index contributed by atoms with van der Waals surface area (Å²) in [4.78, 5) is 0. The molecule has 0 radical (unpaired) electrons. The Morgan fingerprint density at radius 1 is 1.64 bits per heavy atom. The average Bonchev–Trinajstić information content (AvgIpc) is 2.76. The lowest BCUT2D eigenvalue weighted by molar-refractivity contribution is 0.408. The van der Waals surface area contributed by atoms with Crippen LogP contribution in [0.3, 0.4) is 0 Å². The molecule has 0 aromatic carbocycles. The molecule has 0 aliphatic heterocycles. The SMILES string of the molecule is COc1cnn(C)c1C1CC1. The highest BCUT2D eigenvalue weighted by atomic mass is 16.5. The monoisotopic (exact) mass is 152 g/mol. The van der Waals surface area contributed by atoms with Gasteiger partial charge in [-0.25, -0.2) is 0 Å². The molecular formula is C8H12N2O. The Hall–Kier alpha value is -0.990. The van der Waals surface area contributed by atoms with Gasteiger partial charge in [0.15, 0.2) is 5.75 Å². The minimum Gasteiger partial charge on any atom is -0.493 e. The van der Waals surface area contributed by atoms with Crippen molar-refractivity contribution in [3.63, 3.8) is 0 Å². The van der Waals surface area contributed by atoms with E-state index in [4.69, 9.17) is 4.74 Å². The predicted octanol–water partition coefficient (Wildman–Crippen LogP) is 1.31. The van der Waals surface area contributed by atoms with Gasteiger partial charge in [-0.2, -0.15) is 5.10 Å². The maximum Gasteiger partial charge on any atom is 0.160 e. The molecule has 0 atom stereocenters. The van der Waals surface area contributed by atoms with Crippen molar-refractivity contribution in [3.8, 4) is 5.75 Å². The maximum absolute atomic E-state index is 5.18. The minimum atomic E-state index is 0.706. The van der Waals surface area contributed by atoms with Crippen molar-refractivity contribution in [2.45, 2.75) is 18.8 Å².